The first-order valence-corrected chi connectivity index (χ1v) is 9.75. The summed E-state index contributed by atoms with van der Waals surface area (Å²) in [6.07, 6.45) is 3.55. The molecule has 0 saturated heterocycles. The minimum atomic E-state index is -0.209. The lowest BCUT2D eigenvalue weighted by Crippen LogP contribution is -2.28. The Hall–Kier alpha value is -2.86. The van der Waals surface area contributed by atoms with Gasteiger partial charge < -0.3 is 21.1 Å². The average molecular weight is 381 g/mol. The highest BCUT2D eigenvalue weighted by atomic mass is 16.5. The van der Waals surface area contributed by atoms with Crippen LogP contribution in [0, 0.1) is 5.92 Å². The van der Waals surface area contributed by atoms with Crippen molar-refractivity contribution >= 4 is 23.2 Å². The van der Waals surface area contributed by atoms with Crippen molar-refractivity contribution in [2.45, 2.75) is 38.6 Å². The first-order chi connectivity index (χ1) is 13.5. The zero-order valence-electron chi connectivity index (χ0n) is 16.1. The molecule has 0 radical (unpaired) electrons. The van der Waals surface area contributed by atoms with Crippen LogP contribution in [0.15, 0.2) is 48.5 Å². The third kappa shape index (κ3) is 5.33. The van der Waals surface area contributed by atoms with Gasteiger partial charge in [-0.25, -0.2) is 0 Å². The van der Waals surface area contributed by atoms with Crippen molar-refractivity contribution in [3.05, 3.63) is 54.1 Å². The van der Waals surface area contributed by atoms with Crippen molar-refractivity contribution in [3.63, 3.8) is 0 Å². The fraction of sp³-hybridized carbons (Fsp3) is 0.364. The molecule has 0 heterocycles. The van der Waals surface area contributed by atoms with E-state index in [0.717, 1.165) is 25.0 Å². The first kappa shape index (κ1) is 19.9. The minimum absolute atomic E-state index is 0.0334. The van der Waals surface area contributed by atoms with E-state index in [9.17, 15) is 9.59 Å². The topological polar surface area (TPSA) is 93.5 Å². The predicted molar refractivity (Wildman–Crippen MR) is 111 cm³/mol. The molecule has 2 atom stereocenters. The van der Waals surface area contributed by atoms with E-state index < -0.39 is 0 Å². The monoisotopic (exact) mass is 381 g/mol. The number of nitrogens with one attached hydrogen (secondary N) is 2. The van der Waals surface area contributed by atoms with E-state index in [-0.39, 0.29) is 23.8 Å². The summed E-state index contributed by atoms with van der Waals surface area (Å²) in [6, 6.07) is 14.2. The third-order valence-electron chi connectivity index (χ3n) is 5.02. The number of amides is 2. The normalized spacial score (nSPS) is 18.5. The van der Waals surface area contributed by atoms with Crippen molar-refractivity contribution in [1.82, 2.24) is 0 Å². The second kappa shape index (κ2) is 9.37. The van der Waals surface area contributed by atoms with Crippen LogP contribution in [0.4, 0.5) is 11.4 Å². The molecule has 1 saturated carbocycles. The number of carbonyl (C=O) groups excluding carboxylic acids is 2. The summed E-state index contributed by atoms with van der Waals surface area (Å²) < 4.78 is 5.39. The SMILES string of the molecule is CCOc1ccc(NC(=O)c2ccc(NC(=O)C[C@@H]3CCC[C@H]3N)cc2)cc1. The summed E-state index contributed by atoms with van der Waals surface area (Å²) in [5.74, 6) is 0.784. The van der Waals surface area contributed by atoms with Gasteiger partial charge in [0, 0.05) is 29.4 Å². The summed E-state index contributed by atoms with van der Waals surface area (Å²) in [5.41, 5.74) is 7.92. The molecule has 148 valence electrons. The van der Waals surface area contributed by atoms with Crippen molar-refractivity contribution in [3.8, 4) is 5.75 Å². The Morgan fingerprint density at radius 2 is 1.64 bits per heavy atom. The molecular weight excluding hydrogens is 354 g/mol. The number of benzene rings is 2. The van der Waals surface area contributed by atoms with Crippen LogP contribution in [0.3, 0.4) is 0 Å². The van der Waals surface area contributed by atoms with Gasteiger partial charge in [0.05, 0.1) is 6.61 Å². The summed E-state index contributed by atoms with van der Waals surface area (Å²) >= 11 is 0. The van der Waals surface area contributed by atoms with Crippen molar-refractivity contribution in [2.24, 2.45) is 11.7 Å². The number of hydrogen-bond acceptors (Lipinski definition) is 4. The first-order valence-electron chi connectivity index (χ1n) is 9.75. The van der Waals surface area contributed by atoms with E-state index in [1.165, 1.54) is 0 Å². The van der Waals surface area contributed by atoms with Gasteiger partial charge in [0.15, 0.2) is 0 Å². The van der Waals surface area contributed by atoms with Gasteiger partial charge in [-0.2, -0.15) is 0 Å². The van der Waals surface area contributed by atoms with Crippen molar-refractivity contribution in [1.29, 1.82) is 0 Å². The molecule has 0 aliphatic heterocycles. The van der Waals surface area contributed by atoms with Crippen LogP contribution in [0.2, 0.25) is 0 Å². The van der Waals surface area contributed by atoms with E-state index >= 15 is 0 Å². The van der Waals surface area contributed by atoms with Gasteiger partial charge in [-0.1, -0.05) is 6.42 Å². The highest BCUT2D eigenvalue weighted by Gasteiger charge is 2.26. The molecular formula is C22H27N3O3. The fourth-order valence-electron chi connectivity index (χ4n) is 3.48. The van der Waals surface area contributed by atoms with Crippen LogP contribution in [-0.4, -0.2) is 24.5 Å². The maximum absolute atomic E-state index is 12.4. The molecule has 2 aromatic rings. The lowest BCUT2D eigenvalue weighted by atomic mass is 10.00. The summed E-state index contributed by atoms with van der Waals surface area (Å²) in [6.45, 7) is 2.52. The second-order valence-electron chi connectivity index (χ2n) is 7.10. The average Bonchev–Trinajstić information content (AvgIpc) is 3.08. The Morgan fingerprint density at radius 3 is 2.25 bits per heavy atom. The van der Waals surface area contributed by atoms with Crippen LogP contribution in [0.25, 0.3) is 0 Å². The lowest BCUT2D eigenvalue weighted by Gasteiger charge is -2.15. The van der Waals surface area contributed by atoms with E-state index in [1.807, 2.05) is 19.1 Å². The van der Waals surface area contributed by atoms with Gasteiger partial charge in [0.25, 0.3) is 5.91 Å². The highest BCUT2D eigenvalue weighted by molar-refractivity contribution is 6.04. The van der Waals surface area contributed by atoms with Gasteiger partial charge in [0.1, 0.15) is 5.75 Å². The van der Waals surface area contributed by atoms with Gasteiger partial charge >= 0.3 is 0 Å². The summed E-state index contributed by atoms with van der Waals surface area (Å²) in [4.78, 5) is 24.6. The molecule has 1 aliphatic carbocycles. The second-order valence-corrected chi connectivity index (χ2v) is 7.10. The predicted octanol–water partition coefficient (Wildman–Crippen LogP) is 3.79. The standard InChI is InChI=1S/C22H27N3O3/c1-2-28-19-12-10-18(11-13-19)25-22(27)15-6-8-17(9-7-15)24-21(26)14-16-4-3-5-20(16)23/h6-13,16,20H,2-5,14,23H2,1H3,(H,24,26)(H,25,27)/t16-,20+/m0/s1. The van der Waals surface area contributed by atoms with Crippen LogP contribution >= 0.6 is 0 Å². The molecule has 0 spiro atoms. The fourth-order valence-corrected chi connectivity index (χ4v) is 3.48. The molecule has 28 heavy (non-hydrogen) atoms. The largest absolute Gasteiger partial charge is 0.494 e. The Balaban J connectivity index is 1.52. The maximum atomic E-state index is 12.4. The Bertz CT molecular complexity index is 803. The lowest BCUT2D eigenvalue weighted by molar-refractivity contribution is -0.117. The number of ether oxygens (including phenoxy) is 1. The Labute approximate surface area is 165 Å². The smallest absolute Gasteiger partial charge is 0.255 e. The molecule has 6 nitrogen and oxygen atoms in total. The number of anilines is 2. The minimum Gasteiger partial charge on any atom is -0.494 e. The van der Waals surface area contributed by atoms with E-state index in [2.05, 4.69) is 10.6 Å². The van der Waals surface area contributed by atoms with Gasteiger partial charge in [0.2, 0.25) is 5.91 Å². The molecule has 1 fully saturated rings. The highest BCUT2D eigenvalue weighted by Crippen LogP contribution is 2.27. The molecule has 1 aliphatic rings. The Kier molecular flexibility index (Phi) is 6.66. The quantitative estimate of drug-likeness (QED) is 0.680. The van der Waals surface area contributed by atoms with Crippen molar-refractivity contribution < 1.29 is 14.3 Å². The van der Waals surface area contributed by atoms with Crippen LogP contribution in [0.1, 0.15) is 43.0 Å². The van der Waals surface area contributed by atoms with Crippen LogP contribution in [-0.2, 0) is 4.79 Å². The molecule has 0 aromatic heterocycles. The van der Waals surface area contributed by atoms with Crippen molar-refractivity contribution in [2.75, 3.05) is 17.2 Å². The van der Waals surface area contributed by atoms with Gasteiger partial charge in [-0.05, 0) is 74.2 Å². The summed E-state index contributed by atoms with van der Waals surface area (Å²) in [7, 11) is 0. The molecule has 2 aromatic carbocycles. The van der Waals surface area contributed by atoms with Gasteiger partial charge in [-0.15, -0.1) is 0 Å². The number of nitrogens with two attached hydrogens (primary N) is 1. The third-order valence-corrected chi connectivity index (χ3v) is 5.02. The molecule has 6 heteroatoms. The number of carbonyl (C=O) groups is 2. The molecule has 0 unspecified atom stereocenters. The number of hydrogen-bond donors (Lipinski definition) is 3. The molecule has 2 amide bonds. The molecule has 4 N–H and O–H groups in total. The molecule has 3 rings (SSSR count). The molecule has 0 bridgehead atoms. The van der Waals surface area contributed by atoms with E-state index in [0.29, 0.717) is 30.0 Å². The summed E-state index contributed by atoms with van der Waals surface area (Å²) in [5, 5.41) is 5.73. The van der Waals surface area contributed by atoms with Gasteiger partial charge in [-0.3, -0.25) is 9.59 Å². The Morgan fingerprint density at radius 1 is 1.00 bits per heavy atom. The maximum Gasteiger partial charge on any atom is 0.255 e. The van der Waals surface area contributed by atoms with E-state index in [1.54, 1.807) is 36.4 Å². The van der Waals surface area contributed by atoms with Crippen LogP contribution < -0.4 is 21.1 Å². The van der Waals surface area contributed by atoms with E-state index in [4.69, 9.17) is 10.5 Å². The number of rotatable bonds is 7. The zero-order chi connectivity index (χ0) is 19.9. The zero-order valence-corrected chi connectivity index (χ0v) is 16.1. The van der Waals surface area contributed by atoms with Crippen LogP contribution in [0.5, 0.6) is 5.75 Å².